The Morgan fingerprint density at radius 3 is 2.39 bits per heavy atom. The van der Waals surface area contributed by atoms with Crippen molar-refractivity contribution in [3.63, 3.8) is 0 Å². The van der Waals surface area contributed by atoms with E-state index in [9.17, 15) is 22.0 Å². The number of carbonyl (C=O) groups excluding carboxylic acids is 1. The van der Waals surface area contributed by atoms with E-state index >= 15 is 0 Å². The average molecular weight is 409 g/mol. The first kappa shape index (κ1) is 20.4. The average Bonchev–Trinajstić information content (AvgIpc) is 2.63. The van der Waals surface area contributed by atoms with Crippen LogP contribution in [0.1, 0.15) is 31.7 Å². The Hall–Kier alpha value is -2.32. The van der Waals surface area contributed by atoms with Crippen molar-refractivity contribution >= 4 is 16.0 Å². The maximum atomic E-state index is 14.0. The Kier molecular flexibility index (Phi) is 5.81. The second kappa shape index (κ2) is 7.97. The van der Waals surface area contributed by atoms with Crippen LogP contribution in [-0.4, -0.2) is 32.3 Å². The van der Waals surface area contributed by atoms with Crippen molar-refractivity contribution in [2.24, 2.45) is 0 Å². The van der Waals surface area contributed by atoms with Crippen molar-refractivity contribution in [1.29, 1.82) is 0 Å². The molecule has 150 valence electrons. The van der Waals surface area contributed by atoms with Gasteiger partial charge in [-0.05, 0) is 43.5 Å². The molecular formula is C20H21F2NO4S. The molecule has 2 aromatic rings. The van der Waals surface area contributed by atoms with Crippen LogP contribution >= 0.6 is 0 Å². The molecule has 5 nitrogen and oxygen atoms in total. The van der Waals surface area contributed by atoms with Crippen LogP contribution < -0.4 is 4.72 Å². The van der Waals surface area contributed by atoms with E-state index in [1.54, 1.807) is 24.3 Å². The molecule has 0 saturated carbocycles. The number of esters is 1. The van der Waals surface area contributed by atoms with Gasteiger partial charge in [-0.1, -0.05) is 24.3 Å². The van der Waals surface area contributed by atoms with Crippen molar-refractivity contribution < 1.29 is 26.7 Å². The lowest BCUT2D eigenvalue weighted by molar-refractivity contribution is -0.150. The zero-order valence-corrected chi connectivity index (χ0v) is 16.3. The molecule has 2 atom stereocenters. The van der Waals surface area contributed by atoms with E-state index in [0.717, 1.165) is 11.6 Å². The van der Waals surface area contributed by atoms with E-state index < -0.39 is 44.8 Å². The molecule has 1 aliphatic rings. The predicted molar refractivity (Wildman–Crippen MR) is 101 cm³/mol. The zero-order chi connectivity index (χ0) is 20.5. The molecule has 1 aliphatic heterocycles. The molecule has 1 N–H and O–H groups in total. The third-order valence-corrected chi connectivity index (χ3v) is 6.65. The standard InChI is InChI=1S/C20H21F2NO4S/c1-12(2)28(25,26)23-19-17(9-10-27-20(19)24)14-5-3-13(4-6-14)16-8-7-15(21)11-18(16)22/h3-8,11-12,17,19,23H,9-10H2,1-2H3. The molecule has 0 radical (unpaired) electrons. The van der Waals surface area contributed by atoms with Crippen LogP contribution in [0.2, 0.25) is 0 Å². The Bertz CT molecular complexity index is 974. The molecule has 1 saturated heterocycles. The van der Waals surface area contributed by atoms with Gasteiger partial charge in [0.05, 0.1) is 11.9 Å². The summed E-state index contributed by atoms with van der Waals surface area (Å²) in [5.41, 5.74) is 1.55. The fourth-order valence-electron chi connectivity index (χ4n) is 3.14. The lowest BCUT2D eigenvalue weighted by Gasteiger charge is -2.31. The molecule has 1 fully saturated rings. The molecule has 0 aliphatic carbocycles. The van der Waals surface area contributed by atoms with Gasteiger partial charge in [0.15, 0.2) is 0 Å². The van der Waals surface area contributed by atoms with Crippen LogP contribution in [0.5, 0.6) is 0 Å². The highest BCUT2D eigenvalue weighted by Crippen LogP contribution is 2.31. The van der Waals surface area contributed by atoms with Gasteiger partial charge < -0.3 is 4.74 Å². The summed E-state index contributed by atoms with van der Waals surface area (Å²) in [6.07, 6.45) is 0.460. The Balaban J connectivity index is 1.89. The number of ether oxygens (including phenoxy) is 1. The maximum Gasteiger partial charge on any atom is 0.324 e. The molecule has 0 bridgehead atoms. The van der Waals surface area contributed by atoms with Crippen molar-refractivity contribution in [2.75, 3.05) is 6.61 Å². The molecule has 2 unspecified atom stereocenters. The van der Waals surface area contributed by atoms with Gasteiger partial charge in [-0.25, -0.2) is 21.9 Å². The topological polar surface area (TPSA) is 72.5 Å². The molecule has 2 aromatic carbocycles. The van der Waals surface area contributed by atoms with Gasteiger partial charge >= 0.3 is 5.97 Å². The number of benzene rings is 2. The lowest BCUT2D eigenvalue weighted by atomic mass is 9.87. The van der Waals surface area contributed by atoms with E-state index in [0.29, 0.717) is 12.0 Å². The molecule has 1 heterocycles. The molecule has 0 aromatic heterocycles. The minimum Gasteiger partial charge on any atom is -0.464 e. The minimum atomic E-state index is -3.67. The number of halogens is 2. The number of rotatable bonds is 5. The third kappa shape index (κ3) is 4.23. The van der Waals surface area contributed by atoms with Gasteiger partial charge in [0.1, 0.15) is 17.7 Å². The van der Waals surface area contributed by atoms with Crippen LogP contribution in [0.3, 0.4) is 0 Å². The summed E-state index contributed by atoms with van der Waals surface area (Å²) in [5, 5.41) is -0.688. The molecule has 28 heavy (non-hydrogen) atoms. The first-order valence-corrected chi connectivity index (χ1v) is 10.5. The summed E-state index contributed by atoms with van der Waals surface area (Å²) in [6.45, 7) is 3.24. The highest BCUT2D eigenvalue weighted by Gasteiger charge is 2.38. The summed E-state index contributed by atoms with van der Waals surface area (Å²) >= 11 is 0. The molecule has 0 amide bonds. The van der Waals surface area contributed by atoms with Crippen LogP contribution in [-0.2, 0) is 19.6 Å². The smallest absolute Gasteiger partial charge is 0.324 e. The maximum absolute atomic E-state index is 14.0. The number of cyclic esters (lactones) is 1. The second-order valence-corrected chi connectivity index (χ2v) is 9.27. The largest absolute Gasteiger partial charge is 0.464 e. The Labute approximate surface area is 162 Å². The quantitative estimate of drug-likeness (QED) is 0.769. The molecular weight excluding hydrogens is 388 g/mol. The van der Waals surface area contributed by atoms with E-state index in [1.807, 2.05) is 0 Å². The highest BCUT2D eigenvalue weighted by atomic mass is 32.2. The van der Waals surface area contributed by atoms with Gasteiger partial charge in [-0.15, -0.1) is 0 Å². The van der Waals surface area contributed by atoms with Crippen molar-refractivity contribution in [1.82, 2.24) is 4.72 Å². The second-order valence-electron chi connectivity index (χ2n) is 7.00. The number of hydrogen-bond donors (Lipinski definition) is 1. The predicted octanol–water partition coefficient (Wildman–Crippen LogP) is 3.36. The highest BCUT2D eigenvalue weighted by molar-refractivity contribution is 7.90. The molecule has 8 heteroatoms. The summed E-state index contributed by atoms with van der Waals surface area (Å²) in [4.78, 5) is 12.2. The fraction of sp³-hybridized carbons (Fsp3) is 0.350. The first-order valence-electron chi connectivity index (χ1n) is 8.92. The van der Waals surface area contributed by atoms with Gasteiger partial charge in [-0.3, -0.25) is 4.79 Å². The van der Waals surface area contributed by atoms with Gasteiger partial charge in [0, 0.05) is 17.5 Å². The van der Waals surface area contributed by atoms with E-state index in [4.69, 9.17) is 4.74 Å². The van der Waals surface area contributed by atoms with E-state index in [1.165, 1.54) is 26.0 Å². The Morgan fingerprint density at radius 1 is 1.11 bits per heavy atom. The number of hydrogen-bond acceptors (Lipinski definition) is 4. The third-order valence-electron chi connectivity index (χ3n) is 4.82. The summed E-state index contributed by atoms with van der Waals surface area (Å²) in [5.74, 6) is -2.34. The molecule has 0 spiro atoms. The fourth-order valence-corrected chi connectivity index (χ4v) is 4.03. The Morgan fingerprint density at radius 2 is 1.79 bits per heavy atom. The normalized spacial score (nSPS) is 20.2. The van der Waals surface area contributed by atoms with Gasteiger partial charge in [0.2, 0.25) is 10.0 Å². The molecule has 3 rings (SSSR count). The first-order chi connectivity index (χ1) is 13.2. The zero-order valence-electron chi connectivity index (χ0n) is 15.5. The van der Waals surface area contributed by atoms with E-state index in [2.05, 4.69) is 4.72 Å². The SMILES string of the molecule is CC(C)S(=O)(=O)NC1C(=O)OCCC1c1ccc(-c2ccc(F)cc2F)cc1. The van der Waals surface area contributed by atoms with Crippen molar-refractivity contribution in [3.05, 3.63) is 59.7 Å². The van der Waals surface area contributed by atoms with Gasteiger partial charge in [0.25, 0.3) is 0 Å². The van der Waals surface area contributed by atoms with E-state index in [-0.39, 0.29) is 12.2 Å². The van der Waals surface area contributed by atoms with Crippen LogP contribution in [0.4, 0.5) is 8.78 Å². The number of nitrogens with one attached hydrogen (secondary N) is 1. The monoisotopic (exact) mass is 409 g/mol. The summed E-state index contributed by atoms with van der Waals surface area (Å²) < 4.78 is 59.0. The van der Waals surface area contributed by atoms with Crippen molar-refractivity contribution in [2.45, 2.75) is 37.5 Å². The number of sulfonamides is 1. The van der Waals surface area contributed by atoms with Crippen LogP contribution in [0.15, 0.2) is 42.5 Å². The van der Waals surface area contributed by atoms with Crippen molar-refractivity contribution in [3.8, 4) is 11.1 Å². The summed E-state index contributed by atoms with van der Waals surface area (Å²) in [6, 6.07) is 9.11. The minimum absolute atomic E-state index is 0.192. The summed E-state index contributed by atoms with van der Waals surface area (Å²) in [7, 11) is -3.67. The lowest BCUT2D eigenvalue weighted by Crippen LogP contribution is -2.50. The van der Waals surface area contributed by atoms with Gasteiger partial charge in [-0.2, -0.15) is 0 Å². The number of carbonyl (C=O) groups is 1. The van der Waals surface area contributed by atoms with Crippen LogP contribution in [0, 0.1) is 11.6 Å². The van der Waals surface area contributed by atoms with Crippen LogP contribution in [0.25, 0.3) is 11.1 Å².